The summed E-state index contributed by atoms with van der Waals surface area (Å²) in [5.74, 6) is 0.215. The predicted octanol–water partition coefficient (Wildman–Crippen LogP) is 1.24. The van der Waals surface area contributed by atoms with Gasteiger partial charge in [0.2, 0.25) is 16.8 Å². The summed E-state index contributed by atoms with van der Waals surface area (Å²) in [5.41, 5.74) is 0.272. The average molecular weight is 366 g/mol. The monoisotopic (exact) mass is 366 g/mol. The summed E-state index contributed by atoms with van der Waals surface area (Å²) in [6.45, 7) is 1.56. The highest BCUT2D eigenvalue weighted by molar-refractivity contribution is 7.15. The molecular formula is C15H18N4O5S. The van der Waals surface area contributed by atoms with Gasteiger partial charge in [0.05, 0.1) is 27.9 Å². The molecule has 10 heteroatoms. The molecule has 0 radical (unpaired) electrons. The molecule has 2 N–H and O–H groups in total. The number of benzene rings is 1. The lowest BCUT2D eigenvalue weighted by molar-refractivity contribution is -0.115. The van der Waals surface area contributed by atoms with Gasteiger partial charge in [-0.2, -0.15) is 0 Å². The van der Waals surface area contributed by atoms with E-state index in [4.69, 9.17) is 14.2 Å². The molecule has 9 nitrogen and oxygen atoms in total. The Morgan fingerprint density at radius 2 is 1.72 bits per heavy atom. The summed E-state index contributed by atoms with van der Waals surface area (Å²) >= 11 is 1.25. The highest BCUT2D eigenvalue weighted by Crippen LogP contribution is 2.38. The fraction of sp³-hybridized carbons (Fsp3) is 0.333. The van der Waals surface area contributed by atoms with Crippen LogP contribution in [0.1, 0.15) is 15.4 Å². The van der Waals surface area contributed by atoms with Gasteiger partial charge in [0, 0.05) is 5.56 Å². The second kappa shape index (κ2) is 8.29. The van der Waals surface area contributed by atoms with Crippen molar-refractivity contribution in [3.63, 3.8) is 0 Å². The molecule has 134 valence electrons. The van der Waals surface area contributed by atoms with Crippen molar-refractivity contribution < 1.29 is 23.8 Å². The molecule has 0 bridgehead atoms. The molecule has 0 aliphatic rings. The minimum absolute atomic E-state index is 0.214. The molecule has 1 aromatic heterocycles. The van der Waals surface area contributed by atoms with Gasteiger partial charge in [-0.05, 0) is 19.1 Å². The van der Waals surface area contributed by atoms with Gasteiger partial charge in [0.1, 0.15) is 5.01 Å². The van der Waals surface area contributed by atoms with E-state index >= 15 is 0 Å². The molecule has 0 spiro atoms. The quantitative estimate of drug-likeness (QED) is 0.758. The van der Waals surface area contributed by atoms with Crippen molar-refractivity contribution in [2.24, 2.45) is 0 Å². The van der Waals surface area contributed by atoms with Crippen LogP contribution in [0.4, 0.5) is 5.13 Å². The summed E-state index contributed by atoms with van der Waals surface area (Å²) in [6.07, 6.45) is 0. The van der Waals surface area contributed by atoms with E-state index in [2.05, 4.69) is 20.8 Å². The topological polar surface area (TPSA) is 112 Å². The maximum Gasteiger partial charge on any atom is 0.251 e. The van der Waals surface area contributed by atoms with Crippen LogP contribution in [0.25, 0.3) is 0 Å². The Bertz CT molecular complexity index is 752. The lowest BCUT2D eigenvalue weighted by atomic mass is 10.1. The molecule has 0 atom stereocenters. The Morgan fingerprint density at radius 3 is 2.20 bits per heavy atom. The standard InChI is InChI=1S/C15H18N4O5S/c1-8-18-19-15(25-8)17-12(20)7-16-14(21)9-5-10(22-2)13(24-4)11(6-9)23-3/h5-6H,7H2,1-4H3,(H,16,21)(H,17,19,20). The second-order valence-electron chi connectivity index (χ2n) is 4.77. The minimum atomic E-state index is -0.456. The zero-order valence-corrected chi connectivity index (χ0v) is 15.0. The number of amides is 2. The number of nitrogens with zero attached hydrogens (tertiary/aromatic N) is 2. The van der Waals surface area contributed by atoms with Crippen LogP contribution in [0.2, 0.25) is 0 Å². The number of carbonyl (C=O) groups excluding carboxylic acids is 2. The zero-order chi connectivity index (χ0) is 18.4. The van der Waals surface area contributed by atoms with Crippen LogP contribution in [0.3, 0.4) is 0 Å². The highest BCUT2D eigenvalue weighted by atomic mass is 32.1. The smallest absolute Gasteiger partial charge is 0.251 e. The maximum absolute atomic E-state index is 12.3. The summed E-state index contributed by atoms with van der Waals surface area (Å²) < 4.78 is 15.6. The molecule has 0 saturated heterocycles. The molecule has 0 aliphatic carbocycles. The van der Waals surface area contributed by atoms with E-state index in [9.17, 15) is 9.59 Å². The second-order valence-corrected chi connectivity index (χ2v) is 5.95. The van der Waals surface area contributed by atoms with Gasteiger partial charge < -0.3 is 19.5 Å². The molecule has 0 fully saturated rings. The SMILES string of the molecule is COc1cc(C(=O)NCC(=O)Nc2nnc(C)s2)cc(OC)c1OC. The molecule has 25 heavy (non-hydrogen) atoms. The summed E-state index contributed by atoms with van der Waals surface area (Å²) in [6, 6.07) is 3.01. The van der Waals surface area contributed by atoms with Crippen molar-refractivity contribution in [2.75, 3.05) is 33.2 Å². The van der Waals surface area contributed by atoms with Gasteiger partial charge >= 0.3 is 0 Å². The number of aromatic nitrogens is 2. The van der Waals surface area contributed by atoms with E-state index in [0.29, 0.717) is 22.4 Å². The van der Waals surface area contributed by atoms with E-state index in [1.165, 1.54) is 44.8 Å². The van der Waals surface area contributed by atoms with Gasteiger partial charge in [-0.1, -0.05) is 11.3 Å². The van der Waals surface area contributed by atoms with E-state index in [-0.39, 0.29) is 12.1 Å². The minimum Gasteiger partial charge on any atom is -0.493 e. The third-order valence-electron chi connectivity index (χ3n) is 3.11. The van der Waals surface area contributed by atoms with E-state index in [1.54, 1.807) is 6.92 Å². The number of anilines is 1. The van der Waals surface area contributed by atoms with Crippen LogP contribution in [-0.2, 0) is 4.79 Å². The lowest BCUT2D eigenvalue weighted by Crippen LogP contribution is -2.32. The van der Waals surface area contributed by atoms with Gasteiger partial charge in [-0.15, -0.1) is 10.2 Å². The van der Waals surface area contributed by atoms with Crippen LogP contribution < -0.4 is 24.8 Å². The molecule has 2 amide bonds. The van der Waals surface area contributed by atoms with Crippen molar-refractivity contribution in [1.29, 1.82) is 0 Å². The maximum atomic E-state index is 12.3. The largest absolute Gasteiger partial charge is 0.493 e. The first kappa shape index (κ1) is 18.5. The number of hydrogen-bond donors (Lipinski definition) is 2. The third-order valence-corrected chi connectivity index (χ3v) is 3.86. The first-order valence-corrected chi connectivity index (χ1v) is 7.98. The van der Waals surface area contributed by atoms with Crippen molar-refractivity contribution >= 4 is 28.3 Å². The van der Waals surface area contributed by atoms with Gasteiger partial charge in [0.15, 0.2) is 11.5 Å². The molecule has 0 aliphatic heterocycles. The predicted molar refractivity (Wildman–Crippen MR) is 91.7 cm³/mol. The molecular weight excluding hydrogens is 348 g/mol. The number of methoxy groups -OCH3 is 3. The molecule has 2 rings (SSSR count). The fourth-order valence-electron chi connectivity index (χ4n) is 1.99. The molecule has 1 aromatic carbocycles. The van der Waals surface area contributed by atoms with E-state index < -0.39 is 11.8 Å². The van der Waals surface area contributed by atoms with Crippen molar-refractivity contribution in [1.82, 2.24) is 15.5 Å². The normalized spacial score (nSPS) is 10.1. The van der Waals surface area contributed by atoms with Crippen molar-refractivity contribution in [3.05, 3.63) is 22.7 Å². The fourth-order valence-corrected chi connectivity index (χ4v) is 2.59. The number of carbonyl (C=O) groups is 2. The summed E-state index contributed by atoms with van der Waals surface area (Å²) in [4.78, 5) is 24.1. The average Bonchev–Trinajstić information content (AvgIpc) is 3.02. The highest BCUT2D eigenvalue weighted by Gasteiger charge is 2.17. The van der Waals surface area contributed by atoms with Crippen LogP contribution in [0.15, 0.2) is 12.1 Å². The van der Waals surface area contributed by atoms with Crippen LogP contribution in [-0.4, -0.2) is 49.9 Å². The Hall–Kier alpha value is -2.88. The van der Waals surface area contributed by atoms with Crippen LogP contribution in [0, 0.1) is 6.92 Å². The molecule has 0 unspecified atom stereocenters. The molecule has 0 saturated carbocycles. The molecule has 1 heterocycles. The summed E-state index contributed by atoms with van der Waals surface area (Å²) in [7, 11) is 4.38. The van der Waals surface area contributed by atoms with E-state index in [1.807, 2.05) is 0 Å². The molecule has 2 aromatic rings. The Balaban J connectivity index is 2.03. The van der Waals surface area contributed by atoms with Crippen LogP contribution in [0.5, 0.6) is 17.2 Å². The van der Waals surface area contributed by atoms with E-state index in [0.717, 1.165) is 5.01 Å². The first-order chi connectivity index (χ1) is 12.0. The Labute approximate surface area is 148 Å². The number of hydrogen-bond acceptors (Lipinski definition) is 8. The number of aryl methyl sites for hydroxylation is 1. The van der Waals surface area contributed by atoms with Crippen LogP contribution >= 0.6 is 11.3 Å². The van der Waals surface area contributed by atoms with Crippen molar-refractivity contribution in [3.8, 4) is 17.2 Å². The number of ether oxygens (including phenoxy) is 3. The third kappa shape index (κ3) is 4.57. The first-order valence-electron chi connectivity index (χ1n) is 7.16. The Kier molecular flexibility index (Phi) is 6.12. The van der Waals surface area contributed by atoms with Gasteiger partial charge in [-0.25, -0.2) is 0 Å². The lowest BCUT2D eigenvalue weighted by Gasteiger charge is -2.14. The van der Waals surface area contributed by atoms with Crippen molar-refractivity contribution in [2.45, 2.75) is 6.92 Å². The Morgan fingerprint density at radius 1 is 1.08 bits per heavy atom. The zero-order valence-electron chi connectivity index (χ0n) is 14.2. The number of nitrogens with one attached hydrogen (secondary N) is 2. The summed E-state index contributed by atoms with van der Waals surface area (Å²) in [5, 5.41) is 13.8. The number of rotatable bonds is 7. The van der Waals surface area contributed by atoms with Gasteiger partial charge in [0.25, 0.3) is 5.91 Å². The van der Waals surface area contributed by atoms with Gasteiger partial charge in [-0.3, -0.25) is 14.9 Å².